The van der Waals surface area contributed by atoms with E-state index >= 15 is 0 Å². The van der Waals surface area contributed by atoms with E-state index in [1.807, 2.05) is 25.9 Å². The van der Waals surface area contributed by atoms with Crippen LogP contribution in [0, 0.1) is 0 Å². The van der Waals surface area contributed by atoms with Crippen LogP contribution < -0.4 is 5.32 Å². The number of hydrogen-bond donors (Lipinski definition) is 1. The zero-order valence-corrected chi connectivity index (χ0v) is 15.2. The molecule has 1 N–H and O–H groups in total. The third-order valence-corrected chi connectivity index (χ3v) is 5.68. The molecule has 1 amide bonds. The molecule has 1 aromatic carbocycles. The molecule has 1 heterocycles. The minimum atomic E-state index is -3.55. The standard InChI is InChI=1S/C16H25N3O4S/c1-13-12-19(10-11-23-13)24(21,22)15-6-4-14(5-7-15)16(20)17-8-9-18(2)3/h4-7,13H,8-12H2,1-3H3,(H,17,20). The molecule has 0 spiro atoms. The molecule has 134 valence electrons. The minimum Gasteiger partial charge on any atom is -0.376 e. The van der Waals surface area contributed by atoms with Crippen molar-refractivity contribution in [3.8, 4) is 0 Å². The Bertz CT molecular complexity index is 658. The quantitative estimate of drug-likeness (QED) is 0.798. The van der Waals surface area contributed by atoms with Crippen molar-refractivity contribution in [1.82, 2.24) is 14.5 Å². The van der Waals surface area contributed by atoms with Gasteiger partial charge in [-0.05, 0) is 45.3 Å². The Morgan fingerprint density at radius 2 is 2.00 bits per heavy atom. The summed E-state index contributed by atoms with van der Waals surface area (Å²) in [6.07, 6.45) is -0.115. The van der Waals surface area contributed by atoms with Crippen LogP contribution in [0.2, 0.25) is 0 Å². The number of sulfonamides is 1. The van der Waals surface area contributed by atoms with E-state index < -0.39 is 10.0 Å². The second kappa shape index (κ2) is 8.06. The fraction of sp³-hybridized carbons (Fsp3) is 0.562. The van der Waals surface area contributed by atoms with Crippen molar-refractivity contribution in [1.29, 1.82) is 0 Å². The van der Waals surface area contributed by atoms with Gasteiger partial charge < -0.3 is 15.0 Å². The number of amides is 1. The van der Waals surface area contributed by atoms with Gasteiger partial charge in [0.1, 0.15) is 0 Å². The zero-order chi connectivity index (χ0) is 17.7. The molecule has 1 aliphatic rings. The smallest absolute Gasteiger partial charge is 0.251 e. The average Bonchev–Trinajstić information content (AvgIpc) is 2.54. The van der Waals surface area contributed by atoms with Crippen LogP contribution in [0.1, 0.15) is 17.3 Å². The van der Waals surface area contributed by atoms with Crippen LogP contribution in [0.25, 0.3) is 0 Å². The van der Waals surface area contributed by atoms with Gasteiger partial charge in [-0.1, -0.05) is 0 Å². The molecule has 0 aliphatic carbocycles. The fourth-order valence-electron chi connectivity index (χ4n) is 2.43. The maximum Gasteiger partial charge on any atom is 0.251 e. The van der Waals surface area contributed by atoms with Crippen LogP contribution in [0.4, 0.5) is 0 Å². The lowest BCUT2D eigenvalue weighted by Gasteiger charge is -2.30. The van der Waals surface area contributed by atoms with Gasteiger partial charge >= 0.3 is 0 Å². The lowest BCUT2D eigenvalue weighted by molar-refractivity contribution is 0.0102. The first-order chi connectivity index (χ1) is 11.3. The molecule has 0 saturated carbocycles. The Hall–Kier alpha value is -1.48. The van der Waals surface area contributed by atoms with Crippen molar-refractivity contribution in [3.63, 3.8) is 0 Å². The molecule has 2 rings (SSSR count). The van der Waals surface area contributed by atoms with E-state index in [1.165, 1.54) is 16.4 Å². The van der Waals surface area contributed by atoms with E-state index in [0.717, 1.165) is 6.54 Å². The number of rotatable bonds is 6. The monoisotopic (exact) mass is 355 g/mol. The maximum absolute atomic E-state index is 12.6. The van der Waals surface area contributed by atoms with Crippen LogP contribution in [-0.4, -0.2) is 76.5 Å². The number of carbonyl (C=O) groups is 1. The van der Waals surface area contributed by atoms with E-state index in [-0.39, 0.29) is 16.9 Å². The van der Waals surface area contributed by atoms with Crippen molar-refractivity contribution in [2.75, 3.05) is 46.9 Å². The van der Waals surface area contributed by atoms with Gasteiger partial charge in [0.15, 0.2) is 0 Å². The van der Waals surface area contributed by atoms with Gasteiger partial charge in [-0.25, -0.2) is 8.42 Å². The summed E-state index contributed by atoms with van der Waals surface area (Å²) in [5.74, 6) is -0.208. The molecule has 0 aromatic heterocycles. The number of benzene rings is 1. The number of hydrogen-bond acceptors (Lipinski definition) is 5. The highest BCUT2D eigenvalue weighted by Crippen LogP contribution is 2.19. The van der Waals surface area contributed by atoms with E-state index in [0.29, 0.717) is 31.8 Å². The molecule has 1 fully saturated rings. The number of nitrogens with zero attached hydrogens (tertiary/aromatic N) is 2. The van der Waals surface area contributed by atoms with E-state index in [9.17, 15) is 13.2 Å². The summed E-state index contributed by atoms with van der Waals surface area (Å²) in [6, 6.07) is 6.05. The Balaban J connectivity index is 2.04. The highest BCUT2D eigenvalue weighted by atomic mass is 32.2. The molecule has 1 atom stereocenters. The van der Waals surface area contributed by atoms with Gasteiger partial charge in [-0.2, -0.15) is 4.31 Å². The van der Waals surface area contributed by atoms with E-state index in [2.05, 4.69) is 5.32 Å². The summed E-state index contributed by atoms with van der Waals surface area (Å²) in [7, 11) is 0.307. The van der Waals surface area contributed by atoms with Crippen LogP contribution in [0.15, 0.2) is 29.2 Å². The molecule has 0 bridgehead atoms. The Morgan fingerprint density at radius 3 is 2.58 bits per heavy atom. The predicted octanol–water partition coefficient (Wildman–Crippen LogP) is 0.387. The SMILES string of the molecule is CC1CN(S(=O)(=O)c2ccc(C(=O)NCCN(C)C)cc2)CCO1. The largest absolute Gasteiger partial charge is 0.376 e. The Kier molecular flexibility index (Phi) is 6.34. The first-order valence-electron chi connectivity index (χ1n) is 7.95. The Labute approximate surface area is 143 Å². The molecule has 7 nitrogen and oxygen atoms in total. The first kappa shape index (κ1) is 18.9. The van der Waals surface area contributed by atoms with Crippen molar-refractivity contribution in [3.05, 3.63) is 29.8 Å². The molecular weight excluding hydrogens is 330 g/mol. The highest BCUT2D eigenvalue weighted by Gasteiger charge is 2.29. The molecule has 1 unspecified atom stereocenters. The Morgan fingerprint density at radius 1 is 1.33 bits per heavy atom. The van der Waals surface area contributed by atoms with Gasteiger partial charge in [-0.3, -0.25) is 4.79 Å². The van der Waals surface area contributed by atoms with E-state index in [1.54, 1.807) is 12.1 Å². The predicted molar refractivity (Wildman–Crippen MR) is 91.5 cm³/mol. The van der Waals surface area contributed by atoms with Gasteiger partial charge in [-0.15, -0.1) is 0 Å². The van der Waals surface area contributed by atoms with Crippen molar-refractivity contribution in [2.45, 2.75) is 17.9 Å². The second-order valence-corrected chi connectivity index (χ2v) is 8.07. The van der Waals surface area contributed by atoms with Crippen molar-refractivity contribution < 1.29 is 17.9 Å². The maximum atomic E-state index is 12.6. The molecule has 1 aliphatic heterocycles. The number of ether oxygens (including phenoxy) is 1. The van der Waals surface area contributed by atoms with Gasteiger partial charge in [0.2, 0.25) is 10.0 Å². The summed E-state index contributed by atoms with van der Waals surface area (Å²) < 4.78 is 32.1. The summed E-state index contributed by atoms with van der Waals surface area (Å²) >= 11 is 0. The lowest BCUT2D eigenvalue weighted by Crippen LogP contribution is -2.44. The first-order valence-corrected chi connectivity index (χ1v) is 9.39. The van der Waals surface area contributed by atoms with E-state index in [4.69, 9.17) is 4.74 Å². The lowest BCUT2D eigenvalue weighted by atomic mass is 10.2. The molecule has 1 aromatic rings. The minimum absolute atomic E-state index is 0.115. The van der Waals surface area contributed by atoms with Gasteiger partial charge in [0, 0.05) is 31.7 Å². The number of likely N-dealkylation sites (N-methyl/N-ethyl adjacent to an activating group) is 1. The van der Waals surface area contributed by atoms with Crippen LogP contribution in [-0.2, 0) is 14.8 Å². The topological polar surface area (TPSA) is 79.0 Å². The normalized spacial score (nSPS) is 19.4. The molecule has 1 saturated heterocycles. The van der Waals surface area contributed by atoms with Gasteiger partial charge in [0.25, 0.3) is 5.91 Å². The number of carbonyl (C=O) groups excluding carboxylic acids is 1. The summed E-state index contributed by atoms with van der Waals surface area (Å²) in [5.41, 5.74) is 0.447. The third kappa shape index (κ3) is 4.76. The molecule has 8 heteroatoms. The summed E-state index contributed by atoms with van der Waals surface area (Å²) in [6.45, 7) is 4.22. The zero-order valence-electron chi connectivity index (χ0n) is 14.4. The number of morpholine rings is 1. The molecular formula is C16H25N3O4S. The summed E-state index contributed by atoms with van der Waals surface area (Å²) in [4.78, 5) is 14.2. The molecule has 24 heavy (non-hydrogen) atoms. The van der Waals surface area contributed by atoms with Gasteiger partial charge in [0.05, 0.1) is 17.6 Å². The van der Waals surface area contributed by atoms with Crippen LogP contribution >= 0.6 is 0 Å². The fourth-order valence-corrected chi connectivity index (χ4v) is 3.93. The average molecular weight is 355 g/mol. The number of nitrogens with one attached hydrogen (secondary N) is 1. The van der Waals surface area contributed by atoms with Crippen molar-refractivity contribution >= 4 is 15.9 Å². The second-order valence-electron chi connectivity index (χ2n) is 6.13. The highest BCUT2D eigenvalue weighted by molar-refractivity contribution is 7.89. The third-order valence-electron chi connectivity index (χ3n) is 3.80. The molecule has 0 radical (unpaired) electrons. The van der Waals surface area contributed by atoms with Crippen molar-refractivity contribution in [2.24, 2.45) is 0 Å². The van der Waals surface area contributed by atoms with Crippen LogP contribution in [0.3, 0.4) is 0 Å². The van der Waals surface area contributed by atoms with Crippen LogP contribution in [0.5, 0.6) is 0 Å². The summed E-state index contributed by atoms with van der Waals surface area (Å²) in [5, 5.41) is 2.80.